The van der Waals surface area contributed by atoms with Crippen molar-refractivity contribution < 1.29 is 9.90 Å². The van der Waals surface area contributed by atoms with Crippen LogP contribution in [-0.2, 0) is 4.79 Å². The van der Waals surface area contributed by atoms with Crippen molar-refractivity contribution in [2.45, 2.75) is 44.1 Å². The number of aliphatic hydroxyl groups excluding tert-OH is 1. The van der Waals surface area contributed by atoms with Crippen molar-refractivity contribution in [1.82, 2.24) is 0 Å². The van der Waals surface area contributed by atoms with Crippen LogP contribution >= 0.6 is 11.8 Å². The minimum atomic E-state index is -0.274. The Balaban J connectivity index is 2.59. The summed E-state index contributed by atoms with van der Waals surface area (Å²) in [5, 5.41) is 9.33. The summed E-state index contributed by atoms with van der Waals surface area (Å²) in [6.45, 7) is 9.34. The van der Waals surface area contributed by atoms with Crippen molar-refractivity contribution in [3.63, 3.8) is 0 Å². The molecule has 3 heteroatoms. The highest BCUT2D eigenvalue weighted by molar-refractivity contribution is 8.01. The maximum absolute atomic E-state index is 11.9. The summed E-state index contributed by atoms with van der Waals surface area (Å²) < 4.78 is 0. The Kier molecular flexibility index (Phi) is 3.30. The molecule has 2 unspecified atom stereocenters. The van der Waals surface area contributed by atoms with Crippen molar-refractivity contribution in [2.75, 3.05) is 0 Å². The minimum absolute atomic E-state index is 0.0453. The minimum Gasteiger partial charge on any atom is -0.512 e. The molecule has 1 heterocycles. The quantitative estimate of drug-likeness (QED) is 0.718. The van der Waals surface area contributed by atoms with Gasteiger partial charge in [0.15, 0.2) is 5.78 Å². The van der Waals surface area contributed by atoms with E-state index in [1.54, 1.807) is 11.8 Å². The van der Waals surface area contributed by atoms with E-state index in [1.807, 2.05) is 20.8 Å². The van der Waals surface area contributed by atoms with Gasteiger partial charge in [0, 0.05) is 5.41 Å². The number of carbonyl (C=O) groups is 1. The second-order valence-corrected chi connectivity index (χ2v) is 6.21. The lowest BCUT2D eigenvalue weighted by Crippen LogP contribution is -2.28. The highest BCUT2D eigenvalue weighted by atomic mass is 32.2. The third-order valence-electron chi connectivity index (χ3n) is 2.42. The molecule has 80 valence electrons. The zero-order chi connectivity index (χ0) is 10.9. The fourth-order valence-electron chi connectivity index (χ4n) is 1.56. The van der Waals surface area contributed by atoms with Gasteiger partial charge in [-0.3, -0.25) is 4.79 Å². The Morgan fingerprint density at radius 2 is 1.86 bits per heavy atom. The van der Waals surface area contributed by atoms with Crippen LogP contribution in [0, 0.1) is 5.41 Å². The van der Waals surface area contributed by atoms with Crippen LogP contribution in [0.1, 0.15) is 33.6 Å². The maximum Gasteiger partial charge on any atom is 0.151 e. The van der Waals surface area contributed by atoms with Crippen molar-refractivity contribution >= 4 is 17.5 Å². The van der Waals surface area contributed by atoms with Crippen molar-refractivity contribution in [3.8, 4) is 0 Å². The summed E-state index contributed by atoms with van der Waals surface area (Å²) in [5.41, 5.74) is -0.274. The van der Waals surface area contributed by atoms with Gasteiger partial charge in [-0.2, -0.15) is 0 Å². The summed E-state index contributed by atoms with van der Waals surface area (Å²) >= 11 is 1.55. The summed E-state index contributed by atoms with van der Waals surface area (Å²) in [6, 6.07) is 0. The van der Waals surface area contributed by atoms with E-state index in [0.29, 0.717) is 0 Å². The molecule has 0 bridgehead atoms. The SMILES string of the molecule is C=C(O)C1CCC(C(=O)C(C)(C)C)S1. The van der Waals surface area contributed by atoms with Gasteiger partial charge in [-0.15, -0.1) is 11.8 Å². The van der Waals surface area contributed by atoms with Crippen LogP contribution in [0.25, 0.3) is 0 Å². The van der Waals surface area contributed by atoms with Crippen LogP contribution in [-0.4, -0.2) is 21.4 Å². The van der Waals surface area contributed by atoms with E-state index < -0.39 is 0 Å². The third-order valence-corrected chi connectivity index (χ3v) is 4.04. The fraction of sp³-hybridized carbons (Fsp3) is 0.727. The van der Waals surface area contributed by atoms with Crippen LogP contribution in [0.5, 0.6) is 0 Å². The highest BCUT2D eigenvalue weighted by Crippen LogP contribution is 2.39. The average Bonchev–Trinajstić information content (AvgIpc) is 2.48. The molecule has 1 N–H and O–H groups in total. The zero-order valence-corrected chi connectivity index (χ0v) is 9.86. The zero-order valence-electron chi connectivity index (χ0n) is 9.04. The largest absolute Gasteiger partial charge is 0.512 e. The number of Topliss-reactive ketones (excluding diaryl/α,β-unsaturated/α-hetero) is 1. The second-order valence-electron chi connectivity index (χ2n) is 4.80. The number of thioether (sulfide) groups is 1. The molecule has 0 saturated carbocycles. The first-order valence-electron chi connectivity index (χ1n) is 4.90. The van der Waals surface area contributed by atoms with Crippen LogP contribution in [0.3, 0.4) is 0 Å². The summed E-state index contributed by atoms with van der Waals surface area (Å²) in [4.78, 5) is 11.9. The molecule has 1 aliphatic rings. The summed E-state index contributed by atoms with van der Waals surface area (Å²) in [5.74, 6) is 0.491. The summed E-state index contributed by atoms with van der Waals surface area (Å²) in [7, 11) is 0. The molecule has 0 spiro atoms. The Morgan fingerprint density at radius 1 is 1.36 bits per heavy atom. The smallest absolute Gasteiger partial charge is 0.151 e. The topological polar surface area (TPSA) is 37.3 Å². The van der Waals surface area contributed by atoms with E-state index >= 15 is 0 Å². The van der Waals surface area contributed by atoms with Gasteiger partial charge in [0.2, 0.25) is 0 Å². The highest BCUT2D eigenvalue weighted by Gasteiger charge is 2.36. The second kappa shape index (κ2) is 3.97. The Hall–Kier alpha value is -0.440. The lowest BCUT2D eigenvalue weighted by atomic mass is 9.87. The molecule has 14 heavy (non-hydrogen) atoms. The number of rotatable bonds is 2. The van der Waals surface area contributed by atoms with Crippen LogP contribution in [0.4, 0.5) is 0 Å². The Bertz CT molecular complexity index is 253. The number of hydrogen-bond donors (Lipinski definition) is 1. The fourth-order valence-corrected chi connectivity index (χ4v) is 3.13. The summed E-state index contributed by atoms with van der Waals surface area (Å²) in [6.07, 6.45) is 1.73. The number of carbonyl (C=O) groups excluding carboxylic acids is 1. The standard InChI is InChI=1S/C11H18O2S/c1-7(12)8-5-6-9(14-8)10(13)11(2,3)4/h8-9,12H,1,5-6H2,2-4H3. The molecule has 1 fully saturated rings. The van der Waals surface area contributed by atoms with E-state index in [9.17, 15) is 9.90 Å². The number of ketones is 1. The maximum atomic E-state index is 11.9. The lowest BCUT2D eigenvalue weighted by molar-refractivity contribution is -0.125. The van der Waals surface area contributed by atoms with Gasteiger partial charge < -0.3 is 5.11 Å². The van der Waals surface area contributed by atoms with Crippen LogP contribution in [0.2, 0.25) is 0 Å². The molecule has 0 aromatic heterocycles. The van der Waals surface area contributed by atoms with E-state index in [0.717, 1.165) is 12.8 Å². The van der Waals surface area contributed by atoms with E-state index in [-0.39, 0.29) is 27.5 Å². The predicted octanol–water partition coefficient (Wildman–Crippen LogP) is 2.94. The van der Waals surface area contributed by atoms with Gasteiger partial charge in [-0.1, -0.05) is 27.4 Å². The van der Waals surface area contributed by atoms with Crippen molar-refractivity contribution in [2.24, 2.45) is 5.41 Å². The monoisotopic (exact) mass is 214 g/mol. The predicted molar refractivity (Wildman–Crippen MR) is 60.6 cm³/mol. The van der Waals surface area contributed by atoms with Crippen molar-refractivity contribution in [1.29, 1.82) is 0 Å². The first kappa shape index (κ1) is 11.6. The lowest BCUT2D eigenvalue weighted by Gasteiger charge is -2.20. The molecule has 0 radical (unpaired) electrons. The van der Waals surface area contributed by atoms with Crippen molar-refractivity contribution in [3.05, 3.63) is 12.3 Å². The molecular formula is C11H18O2S. The van der Waals surface area contributed by atoms with Gasteiger partial charge in [0.05, 0.1) is 16.3 Å². The van der Waals surface area contributed by atoms with Gasteiger partial charge in [-0.05, 0) is 12.8 Å². The molecule has 0 aromatic rings. The molecule has 1 rings (SSSR count). The van der Waals surface area contributed by atoms with E-state index in [1.165, 1.54) is 0 Å². The Morgan fingerprint density at radius 3 is 2.21 bits per heavy atom. The number of aliphatic hydroxyl groups is 1. The van der Waals surface area contributed by atoms with E-state index in [2.05, 4.69) is 6.58 Å². The molecule has 1 aliphatic heterocycles. The van der Waals surface area contributed by atoms with Crippen LogP contribution in [0.15, 0.2) is 12.3 Å². The molecule has 2 atom stereocenters. The number of hydrogen-bond acceptors (Lipinski definition) is 3. The normalized spacial score (nSPS) is 27.6. The first-order chi connectivity index (χ1) is 6.32. The van der Waals surface area contributed by atoms with Gasteiger partial charge in [-0.25, -0.2) is 0 Å². The van der Waals surface area contributed by atoms with Gasteiger partial charge in [0.1, 0.15) is 0 Å². The first-order valence-corrected chi connectivity index (χ1v) is 5.84. The van der Waals surface area contributed by atoms with Gasteiger partial charge in [0.25, 0.3) is 0 Å². The van der Waals surface area contributed by atoms with E-state index in [4.69, 9.17) is 0 Å². The Labute approximate surface area is 89.8 Å². The van der Waals surface area contributed by atoms with Crippen LogP contribution < -0.4 is 0 Å². The third kappa shape index (κ3) is 2.53. The molecule has 0 amide bonds. The molecule has 2 nitrogen and oxygen atoms in total. The molecular weight excluding hydrogens is 196 g/mol. The molecule has 1 saturated heterocycles. The molecule has 0 aromatic carbocycles. The average molecular weight is 214 g/mol. The van der Waals surface area contributed by atoms with Gasteiger partial charge >= 0.3 is 0 Å². The molecule has 0 aliphatic carbocycles.